The molecule has 1 unspecified atom stereocenters. The van der Waals surface area contributed by atoms with E-state index in [9.17, 15) is 5.11 Å². The highest BCUT2D eigenvalue weighted by atomic mass is 16.3. The van der Waals surface area contributed by atoms with Crippen LogP contribution in [-0.2, 0) is 0 Å². The largest absolute Gasteiger partial charge is 0.390 e. The quantitative estimate of drug-likeness (QED) is 0.550. The number of hydrogen-bond acceptors (Lipinski definition) is 3. The van der Waals surface area contributed by atoms with Crippen molar-refractivity contribution in [3.8, 4) is 0 Å². The predicted molar refractivity (Wildman–Crippen MR) is 52.1 cm³/mol. The van der Waals surface area contributed by atoms with Crippen LogP contribution in [0.4, 0.5) is 0 Å². The standard InChI is InChI=1S/C9H22N2O/c1-3-4-5-6-11(2)8-9(12)7-10/h9,12H,3-8,10H2,1-2H3. The zero-order valence-electron chi connectivity index (χ0n) is 8.29. The first-order valence-corrected chi connectivity index (χ1v) is 4.77. The Bertz CT molecular complexity index is 98.5. The molecule has 0 saturated carbocycles. The van der Waals surface area contributed by atoms with E-state index >= 15 is 0 Å². The molecule has 0 bridgehead atoms. The molecule has 0 radical (unpaired) electrons. The average molecular weight is 174 g/mol. The van der Waals surface area contributed by atoms with Crippen molar-refractivity contribution in [2.75, 3.05) is 26.7 Å². The molecule has 0 saturated heterocycles. The van der Waals surface area contributed by atoms with Crippen LogP contribution in [0.1, 0.15) is 26.2 Å². The van der Waals surface area contributed by atoms with Crippen molar-refractivity contribution >= 4 is 0 Å². The number of nitrogens with two attached hydrogens (primary N) is 1. The van der Waals surface area contributed by atoms with Crippen LogP contribution in [0.5, 0.6) is 0 Å². The van der Waals surface area contributed by atoms with Crippen LogP contribution in [-0.4, -0.2) is 42.8 Å². The van der Waals surface area contributed by atoms with Gasteiger partial charge in [0.15, 0.2) is 0 Å². The molecule has 3 nitrogen and oxygen atoms in total. The fraction of sp³-hybridized carbons (Fsp3) is 1.00. The third-order valence-electron chi connectivity index (χ3n) is 1.94. The highest BCUT2D eigenvalue weighted by molar-refractivity contribution is 4.61. The van der Waals surface area contributed by atoms with Crippen molar-refractivity contribution in [2.24, 2.45) is 5.73 Å². The molecular formula is C9H22N2O. The van der Waals surface area contributed by atoms with Crippen molar-refractivity contribution in [2.45, 2.75) is 32.3 Å². The summed E-state index contributed by atoms with van der Waals surface area (Å²) in [5, 5.41) is 9.22. The molecule has 3 heteroatoms. The molecular weight excluding hydrogens is 152 g/mol. The van der Waals surface area contributed by atoms with Gasteiger partial charge in [0.05, 0.1) is 6.10 Å². The summed E-state index contributed by atoms with van der Waals surface area (Å²) < 4.78 is 0. The third-order valence-corrected chi connectivity index (χ3v) is 1.94. The Morgan fingerprint density at radius 1 is 1.42 bits per heavy atom. The van der Waals surface area contributed by atoms with E-state index < -0.39 is 0 Å². The normalized spacial score (nSPS) is 13.8. The summed E-state index contributed by atoms with van der Waals surface area (Å²) in [5.41, 5.74) is 5.30. The van der Waals surface area contributed by atoms with Gasteiger partial charge in [-0.05, 0) is 20.0 Å². The Hall–Kier alpha value is -0.120. The summed E-state index contributed by atoms with van der Waals surface area (Å²) in [4.78, 5) is 2.13. The SMILES string of the molecule is CCCCCN(C)CC(O)CN. The molecule has 0 aromatic rings. The van der Waals surface area contributed by atoms with Crippen LogP contribution in [0.25, 0.3) is 0 Å². The van der Waals surface area contributed by atoms with Crippen molar-refractivity contribution in [3.63, 3.8) is 0 Å². The Kier molecular flexibility index (Phi) is 7.45. The zero-order chi connectivity index (χ0) is 9.40. The number of nitrogens with zero attached hydrogens (tertiary/aromatic N) is 1. The van der Waals surface area contributed by atoms with Crippen LogP contribution < -0.4 is 5.73 Å². The number of rotatable bonds is 7. The summed E-state index contributed by atoms with van der Waals surface area (Å²) >= 11 is 0. The van der Waals surface area contributed by atoms with Crippen LogP contribution in [0, 0.1) is 0 Å². The second kappa shape index (κ2) is 7.53. The highest BCUT2D eigenvalue weighted by Crippen LogP contribution is 1.96. The Morgan fingerprint density at radius 2 is 2.08 bits per heavy atom. The van der Waals surface area contributed by atoms with E-state index in [1.165, 1.54) is 19.3 Å². The van der Waals surface area contributed by atoms with Gasteiger partial charge in [0.1, 0.15) is 0 Å². The second-order valence-electron chi connectivity index (χ2n) is 3.36. The number of hydrogen-bond donors (Lipinski definition) is 2. The third kappa shape index (κ3) is 6.58. The van der Waals surface area contributed by atoms with Gasteiger partial charge in [0.2, 0.25) is 0 Å². The van der Waals surface area contributed by atoms with Crippen molar-refractivity contribution < 1.29 is 5.11 Å². The first kappa shape index (κ1) is 11.9. The fourth-order valence-corrected chi connectivity index (χ4v) is 1.16. The van der Waals surface area contributed by atoms with E-state index in [1.54, 1.807) is 0 Å². The van der Waals surface area contributed by atoms with E-state index in [-0.39, 0.29) is 6.10 Å². The molecule has 0 spiro atoms. The first-order chi connectivity index (χ1) is 5.70. The molecule has 1 atom stereocenters. The van der Waals surface area contributed by atoms with Crippen LogP contribution in [0.15, 0.2) is 0 Å². The highest BCUT2D eigenvalue weighted by Gasteiger charge is 2.04. The van der Waals surface area contributed by atoms with E-state index in [0.717, 1.165) is 6.54 Å². The molecule has 0 aliphatic rings. The van der Waals surface area contributed by atoms with Gasteiger partial charge in [-0.15, -0.1) is 0 Å². The van der Waals surface area contributed by atoms with Crippen LogP contribution >= 0.6 is 0 Å². The molecule has 0 rings (SSSR count). The summed E-state index contributed by atoms with van der Waals surface area (Å²) in [7, 11) is 2.02. The van der Waals surface area contributed by atoms with Crippen molar-refractivity contribution in [3.05, 3.63) is 0 Å². The lowest BCUT2D eigenvalue weighted by molar-refractivity contribution is 0.131. The van der Waals surface area contributed by atoms with Gasteiger partial charge < -0.3 is 15.7 Å². The lowest BCUT2D eigenvalue weighted by atomic mass is 10.2. The minimum Gasteiger partial charge on any atom is -0.390 e. The maximum absolute atomic E-state index is 9.22. The lowest BCUT2D eigenvalue weighted by Gasteiger charge is -2.19. The molecule has 0 aromatic heterocycles. The van der Waals surface area contributed by atoms with Gasteiger partial charge in [-0.25, -0.2) is 0 Å². The molecule has 0 fully saturated rings. The molecule has 74 valence electrons. The van der Waals surface area contributed by atoms with Gasteiger partial charge in [-0.2, -0.15) is 0 Å². The van der Waals surface area contributed by atoms with E-state index in [0.29, 0.717) is 13.1 Å². The monoisotopic (exact) mass is 174 g/mol. The number of likely N-dealkylation sites (N-methyl/N-ethyl adjacent to an activating group) is 1. The van der Waals surface area contributed by atoms with Crippen LogP contribution in [0.2, 0.25) is 0 Å². The van der Waals surface area contributed by atoms with Gasteiger partial charge in [0.25, 0.3) is 0 Å². The lowest BCUT2D eigenvalue weighted by Crippen LogP contribution is -2.34. The van der Waals surface area contributed by atoms with Gasteiger partial charge in [-0.1, -0.05) is 19.8 Å². The summed E-state index contributed by atoms with van der Waals surface area (Å²) in [6.07, 6.45) is 3.36. The molecule has 0 amide bonds. The maximum atomic E-state index is 9.22. The molecule has 0 aliphatic carbocycles. The topological polar surface area (TPSA) is 49.5 Å². The minimum atomic E-state index is -0.364. The van der Waals surface area contributed by atoms with Crippen LogP contribution in [0.3, 0.4) is 0 Å². The zero-order valence-corrected chi connectivity index (χ0v) is 8.29. The average Bonchev–Trinajstić information content (AvgIpc) is 2.05. The summed E-state index contributed by atoms with van der Waals surface area (Å²) in [6.45, 7) is 4.30. The summed E-state index contributed by atoms with van der Waals surface area (Å²) in [6, 6.07) is 0. The van der Waals surface area contributed by atoms with Crippen molar-refractivity contribution in [1.29, 1.82) is 0 Å². The van der Waals surface area contributed by atoms with E-state index in [1.807, 2.05) is 7.05 Å². The molecule has 0 heterocycles. The van der Waals surface area contributed by atoms with E-state index in [2.05, 4.69) is 11.8 Å². The van der Waals surface area contributed by atoms with Gasteiger partial charge >= 0.3 is 0 Å². The van der Waals surface area contributed by atoms with E-state index in [4.69, 9.17) is 5.73 Å². The first-order valence-electron chi connectivity index (χ1n) is 4.77. The number of unbranched alkanes of at least 4 members (excludes halogenated alkanes) is 2. The Balaban J connectivity index is 3.26. The van der Waals surface area contributed by atoms with Gasteiger partial charge in [0, 0.05) is 13.1 Å². The molecule has 0 aliphatic heterocycles. The fourth-order valence-electron chi connectivity index (χ4n) is 1.16. The smallest absolute Gasteiger partial charge is 0.0788 e. The number of aliphatic hydroxyl groups excluding tert-OH is 1. The minimum absolute atomic E-state index is 0.359. The molecule has 0 aromatic carbocycles. The second-order valence-corrected chi connectivity index (χ2v) is 3.36. The maximum Gasteiger partial charge on any atom is 0.0788 e. The Labute approximate surface area is 75.6 Å². The molecule has 12 heavy (non-hydrogen) atoms. The molecule has 3 N–H and O–H groups in total. The Morgan fingerprint density at radius 3 is 2.58 bits per heavy atom. The van der Waals surface area contributed by atoms with Crippen molar-refractivity contribution in [1.82, 2.24) is 4.90 Å². The van der Waals surface area contributed by atoms with Gasteiger partial charge in [-0.3, -0.25) is 0 Å². The predicted octanol–water partition coefficient (Wildman–Crippen LogP) is 0.428. The summed E-state index contributed by atoms with van der Waals surface area (Å²) in [5.74, 6) is 0. The number of aliphatic hydroxyl groups is 1.